The van der Waals surface area contributed by atoms with Gasteiger partial charge in [0, 0.05) is 25.0 Å². The van der Waals surface area contributed by atoms with E-state index in [4.69, 9.17) is 4.74 Å². The van der Waals surface area contributed by atoms with E-state index < -0.39 is 16.1 Å². The molecule has 6 nitrogen and oxygen atoms in total. The lowest BCUT2D eigenvalue weighted by atomic mass is 9.79. The Labute approximate surface area is 191 Å². The van der Waals surface area contributed by atoms with Crippen molar-refractivity contribution in [3.05, 3.63) is 65.7 Å². The number of amides is 1. The van der Waals surface area contributed by atoms with Crippen LogP contribution in [-0.4, -0.2) is 44.6 Å². The first-order valence-electron chi connectivity index (χ1n) is 11.5. The van der Waals surface area contributed by atoms with Gasteiger partial charge in [0.25, 0.3) is 0 Å². The number of benzene rings is 2. The van der Waals surface area contributed by atoms with E-state index in [9.17, 15) is 13.2 Å². The Bertz CT molecular complexity index is 1010. The largest absolute Gasteiger partial charge is 0.446 e. The minimum Gasteiger partial charge on any atom is -0.446 e. The Hall–Kier alpha value is -2.38. The van der Waals surface area contributed by atoms with Gasteiger partial charge in [-0.05, 0) is 50.3 Å². The molecule has 0 spiro atoms. The van der Waals surface area contributed by atoms with Gasteiger partial charge in [-0.2, -0.15) is 4.31 Å². The van der Waals surface area contributed by atoms with Crippen LogP contribution in [0.25, 0.3) is 0 Å². The number of carbonyl (C=O) groups excluding carboxylic acids is 1. The van der Waals surface area contributed by atoms with Crippen LogP contribution < -0.4 is 5.32 Å². The number of piperidine rings is 1. The van der Waals surface area contributed by atoms with Crippen molar-refractivity contribution in [1.82, 2.24) is 9.62 Å². The minimum absolute atomic E-state index is 0.0221. The molecule has 4 rings (SSSR count). The summed E-state index contributed by atoms with van der Waals surface area (Å²) in [6, 6.07) is 17.3. The van der Waals surface area contributed by atoms with Crippen LogP contribution in [0.2, 0.25) is 0 Å². The third-order valence-electron chi connectivity index (χ3n) is 6.85. The Morgan fingerprint density at radius 3 is 2.28 bits per heavy atom. The van der Waals surface area contributed by atoms with Crippen molar-refractivity contribution in [2.45, 2.75) is 61.9 Å². The number of sulfonamides is 1. The maximum Gasteiger partial charge on any atom is 0.407 e. The van der Waals surface area contributed by atoms with Crippen molar-refractivity contribution < 1.29 is 17.9 Å². The lowest BCUT2D eigenvalue weighted by molar-refractivity contribution is 0.0660. The van der Waals surface area contributed by atoms with Gasteiger partial charge in [-0.1, -0.05) is 60.9 Å². The molecule has 0 unspecified atom stereocenters. The van der Waals surface area contributed by atoms with Crippen LogP contribution in [0.15, 0.2) is 59.5 Å². The Morgan fingerprint density at radius 2 is 1.66 bits per heavy atom. The number of hydrogen-bond acceptors (Lipinski definition) is 4. The lowest BCUT2D eigenvalue weighted by Crippen LogP contribution is -2.44. The highest BCUT2D eigenvalue weighted by molar-refractivity contribution is 7.89. The van der Waals surface area contributed by atoms with Crippen LogP contribution >= 0.6 is 0 Å². The van der Waals surface area contributed by atoms with Gasteiger partial charge < -0.3 is 10.1 Å². The van der Waals surface area contributed by atoms with Crippen molar-refractivity contribution in [2.75, 3.05) is 19.6 Å². The molecule has 1 saturated heterocycles. The average Bonchev–Trinajstić information content (AvgIpc) is 3.29. The summed E-state index contributed by atoms with van der Waals surface area (Å²) in [7, 11) is -3.51. The van der Waals surface area contributed by atoms with Gasteiger partial charge in [0.15, 0.2) is 0 Å². The maximum absolute atomic E-state index is 12.9. The van der Waals surface area contributed by atoms with E-state index in [-0.39, 0.29) is 11.5 Å². The molecule has 1 amide bonds. The normalized spacial score (nSPS) is 19.5. The van der Waals surface area contributed by atoms with E-state index in [1.807, 2.05) is 25.1 Å². The monoisotopic (exact) mass is 456 g/mol. The van der Waals surface area contributed by atoms with Crippen LogP contribution in [0, 0.1) is 6.92 Å². The molecule has 1 heterocycles. The van der Waals surface area contributed by atoms with E-state index in [0.29, 0.717) is 37.4 Å². The maximum atomic E-state index is 12.9. The number of ether oxygens (including phenoxy) is 1. The summed E-state index contributed by atoms with van der Waals surface area (Å²) in [6.07, 6.45) is 4.78. The second kappa shape index (κ2) is 9.63. The summed E-state index contributed by atoms with van der Waals surface area (Å²) in [5.41, 5.74) is 2.27. The Kier molecular flexibility index (Phi) is 6.86. The van der Waals surface area contributed by atoms with Gasteiger partial charge in [0.2, 0.25) is 10.0 Å². The average molecular weight is 457 g/mol. The molecule has 172 valence electrons. The van der Waals surface area contributed by atoms with Gasteiger partial charge >= 0.3 is 6.09 Å². The van der Waals surface area contributed by atoms with Gasteiger partial charge in [0.1, 0.15) is 6.10 Å². The van der Waals surface area contributed by atoms with Gasteiger partial charge in [-0.25, -0.2) is 13.2 Å². The zero-order valence-electron chi connectivity index (χ0n) is 18.6. The summed E-state index contributed by atoms with van der Waals surface area (Å²) < 4.78 is 32.8. The summed E-state index contributed by atoms with van der Waals surface area (Å²) in [6.45, 7) is 3.19. The van der Waals surface area contributed by atoms with Gasteiger partial charge in [-0.3, -0.25) is 0 Å². The molecule has 2 aromatic carbocycles. The second-order valence-corrected chi connectivity index (χ2v) is 11.0. The number of nitrogens with one attached hydrogen (secondary N) is 1. The summed E-state index contributed by atoms with van der Waals surface area (Å²) in [5, 5.41) is 2.99. The fourth-order valence-electron chi connectivity index (χ4n) is 4.90. The number of carbonyl (C=O) groups is 1. The molecule has 0 radical (unpaired) electrons. The molecule has 2 aromatic rings. The molecule has 1 N–H and O–H groups in total. The number of rotatable bonds is 6. The molecule has 1 aliphatic carbocycles. The van der Waals surface area contributed by atoms with Crippen molar-refractivity contribution in [3.8, 4) is 0 Å². The molecule has 32 heavy (non-hydrogen) atoms. The molecule has 0 atom stereocenters. The van der Waals surface area contributed by atoms with Crippen molar-refractivity contribution in [1.29, 1.82) is 0 Å². The third kappa shape index (κ3) is 4.99. The zero-order chi connectivity index (χ0) is 22.6. The summed E-state index contributed by atoms with van der Waals surface area (Å²) >= 11 is 0. The first kappa shape index (κ1) is 22.8. The van der Waals surface area contributed by atoms with Gasteiger partial charge in [-0.15, -0.1) is 0 Å². The SMILES string of the molecule is Cc1ccc(S(=O)(=O)N2CCC(OC(=O)NCC3(c4ccccc4)CCCC3)CC2)cc1. The molecule has 2 aliphatic rings. The molecule has 1 saturated carbocycles. The van der Waals surface area contributed by atoms with Gasteiger partial charge in [0.05, 0.1) is 4.90 Å². The minimum atomic E-state index is -3.51. The van der Waals surface area contributed by atoms with E-state index >= 15 is 0 Å². The van der Waals surface area contributed by atoms with E-state index in [0.717, 1.165) is 18.4 Å². The first-order chi connectivity index (χ1) is 15.4. The lowest BCUT2D eigenvalue weighted by Gasteiger charge is -2.32. The highest BCUT2D eigenvalue weighted by atomic mass is 32.2. The van der Waals surface area contributed by atoms with Crippen LogP contribution in [0.5, 0.6) is 0 Å². The predicted molar refractivity (Wildman–Crippen MR) is 124 cm³/mol. The van der Waals surface area contributed by atoms with Crippen molar-refractivity contribution in [3.63, 3.8) is 0 Å². The molecule has 0 aromatic heterocycles. The number of hydrogen-bond donors (Lipinski definition) is 1. The highest BCUT2D eigenvalue weighted by Gasteiger charge is 2.36. The molecular weight excluding hydrogens is 424 g/mol. The molecule has 2 fully saturated rings. The quantitative estimate of drug-likeness (QED) is 0.700. The van der Waals surface area contributed by atoms with Crippen LogP contribution in [0.4, 0.5) is 4.79 Å². The summed E-state index contributed by atoms with van der Waals surface area (Å²) in [5.74, 6) is 0. The standard InChI is InChI=1S/C25H32N2O4S/c1-20-9-11-23(12-10-20)32(29,30)27-17-13-22(14-18-27)31-24(28)26-19-25(15-5-6-16-25)21-7-3-2-4-8-21/h2-4,7-12,22H,5-6,13-19H2,1H3,(H,26,28). The molecule has 1 aliphatic heterocycles. The van der Waals surface area contributed by atoms with Crippen LogP contribution in [0.3, 0.4) is 0 Å². The van der Waals surface area contributed by atoms with Crippen LogP contribution in [-0.2, 0) is 20.2 Å². The fraction of sp³-hybridized carbons (Fsp3) is 0.480. The summed E-state index contributed by atoms with van der Waals surface area (Å²) in [4.78, 5) is 12.8. The Balaban J connectivity index is 1.29. The van der Waals surface area contributed by atoms with Crippen molar-refractivity contribution >= 4 is 16.1 Å². The number of alkyl carbamates (subject to hydrolysis) is 1. The van der Waals surface area contributed by atoms with E-state index in [1.165, 1.54) is 22.7 Å². The van der Waals surface area contributed by atoms with E-state index in [1.54, 1.807) is 24.3 Å². The zero-order valence-corrected chi connectivity index (χ0v) is 19.4. The second-order valence-electron chi connectivity index (χ2n) is 9.03. The number of nitrogens with zero attached hydrogens (tertiary/aromatic N) is 1. The smallest absolute Gasteiger partial charge is 0.407 e. The predicted octanol–water partition coefficient (Wildman–Crippen LogP) is 4.39. The molecule has 0 bridgehead atoms. The topological polar surface area (TPSA) is 75.7 Å². The third-order valence-corrected chi connectivity index (χ3v) is 8.76. The first-order valence-corrected chi connectivity index (χ1v) is 12.9. The molecule has 7 heteroatoms. The van der Waals surface area contributed by atoms with Crippen molar-refractivity contribution in [2.24, 2.45) is 0 Å². The van der Waals surface area contributed by atoms with Crippen LogP contribution in [0.1, 0.15) is 49.7 Å². The fourth-order valence-corrected chi connectivity index (χ4v) is 6.36. The highest BCUT2D eigenvalue weighted by Crippen LogP contribution is 2.40. The Morgan fingerprint density at radius 1 is 1.03 bits per heavy atom. The number of aryl methyl sites for hydroxylation is 1. The molecular formula is C25H32N2O4S. The van der Waals surface area contributed by atoms with E-state index in [2.05, 4.69) is 17.4 Å².